The molecule has 2 aromatic rings. The van der Waals surface area contributed by atoms with E-state index in [2.05, 4.69) is 0 Å². The van der Waals surface area contributed by atoms with Crippen molar-refractivity contribution in [1.29, 1.82) is 0 Å². The van der Waals surface area contributed by atoms with E-state index in [9.17, 15) is 9.18 Å². The van der Waals surface area contributed by atoms with Gasteiger partial charge in [-0.25, -0.2) is 4.39 Å². The average Bonchev–Trinajstić information content (AvgIpc) is 2.68. The van der Waals surface area contributed by atoms with Crippen molar-refractivity contribution in [3.63, 3.8) is 0 Å². The van der Waals surface area contributed by atoms with E-state index in [1.807, 2.05) is 0 Å². The van der Waals surface area contributed by atoms with Crippen molar-refractivity contribution in [2.24, 2.45) is 0 Å². The van der Waals surface area contributed by atoms with Crippen LogP contribution in [0.3, 0.4) is 0 Å². The first kappa shape index (κ1) is 10.0. The second kappa shape index (κ2) is 3.70. The molecule has 17 heavy (non-hydrogen) atoms. The number of carbonyl (C=O) groups is 1. The van der Waals surface area contributed by atoms with E-state index in [0.717, 1.165) is 11.1 Å². The number of fused-ring (bicyclic) bond motifs is 1. The van der Waals surface area contributed by atoms with Gasteiger partial charge in [0.1, 0.15) is 11.6 Å². The van der Waals surface area contributed by atoms with Gasteiger partial charge in [0.25, 0.3) is 0 Å². The van der Waals surface area contributed by atoms with Crippen LogP contribution in [0.5, 0.6) is 5.75 Å². The Kier molecular flexibility index (Phi) is 2.18. The zero-order valence-electron chi connectivity index (χ0n) is 8.94. The predicted molar refractivity (Wildman–Crippen MR) is 61.2 cm³/mol. The maximum atomic E-state index is 13.6. The first-order valence-corrected chi connectivity index (χ1v) is 5.32. The fraction of sp³-hybridized carbons (Fsp3) is 0.0714. The number of carbonyl (C=O) groups excluding carboxylic acids is 1. The van der Waals surface area contributed by atoms with Gasteiger partial charge < -0.3 is 4.74 Å². The summed E-state index contributed by atoms with van der Waals surface area (Å²) in [5, 5.41) is 0. The highest BCUT2D eigenvalue weighted by Crippen LogP contribution is 2.31. The Morgan fingerprint density at radius 2 is 1.94 bits per heavy atom. The Bertz CT molecular complexity index is 605. The maximum absolute atomic E-state index is 13.6. The molecule has 1 aliphatic rings. The summed E-state index contributed by atoms with van der Waals surface area (Å²) in [7, 11) is 0. The van der Waals surface area contributed by atoms with E-state index < -0.39 is 0 Å². The Balaban J connectivity index is 2.09. The van der Waals surface area contributed by atoms with Crippen molar-refractivity contribution >= 4 is 5.97 Å². The zero-order chi connectivity index (χ0) is 11.8. The minimum Gasteiger partial charge on any atom is -0.426 e. The molecule has 2 nitrogen and oxygen atoms in total. The molecule has 1 heterocycles. The number of halogens is 1. The number of esters is 1. The fourth-order valence-electron chi connectivity index (χ4n) is 1.99. The van der Waals surface area contributed by atoms with Crippen molar-refractivity contribution < 1.29 is 13.9 Å². The molecule has 3 heteroatoms. The van der Waals surface area contributed by atoms with Gasteiger partial charge >= 0.3 is 5.97 Å². The molecule has 0 saturated heterocycles. The van der Waals surface area contributed by atoms with Crippen LogP contribution in [0.25, 0.3) is 11.1 Å². The highest BCUT2D eigenvalue weighted by Gasteiger charge is 2.20. The first-order valence-electron chi connectivity index (χ1n) is 5.32. The van der Waals surface area contributed by atoms with E-state index >= 15 is 0 Å². The number of benzene rings is 2. The lowest BCUT2D eigenvalue weighted by Crippen LogP contribution is -2.00. The minimum atomic E-state index is -0.266. The highest BCUT2D eigenvalue weighted by atomic mass is 19.1. The SMILES string of the molecule is O=C1Cc2cc(-c3ccccc3F)ccc2O1. The number of hydrogen-bond acceptors (Lipinski definition) is 2. The van der Waals surface area contributed by atoms with Crippen LogP contribution in [-0.4, -0.2) is 5.97 Å². The minimum absolute atomic E-state index is 0.259. The van der Waals surface area contributed by atoms with Gasteiger partial charge in [0, 0.05) is 11.1 Å². The van der Waals surface area contributed by atoms with Crippen LogP contribution in [0, 0.1) is 5.82 Å². The van der Waals surface area contributed by atoms with Gasteiger partial charge in [-0.05, 0) is 23.8 Å². The Hall–Kier alpha value is -2.16. The lowest BCUT2D eigenvalue weighted by molar-refractivity contribution is -0.131. The lowest BCUT2D eigenvalue weighted by Gasteiger charge is -2.04. The van der Waals surface area contributed by atoms with Gasteiger partial charge in [-0.3, -0.25) is 4.79 Å². The number of hydrogen-bond donors (Lipinski definition) is 0. The number of rotatable bonds is 1. The first-order chi connectivity index (χ1) is 8.24. The van der Waals surface area contributed by atoms with E-state index in [-0.39, 0.29) is 18.2 Å². The molecule has 0 aliphatic carbocycles. The largest absolute Gasteiger partial charge is 0.426 e. The zero-order valence-corrected chi connectivity index (χ0v) is 8.94. The summed E-state index contributed by atoms with van der Waals surface area (Å²) in [6, 6.07) is 11.8. The van der Waals surface area contributed by atoms with Gasteiger partial charge in [0.05, 0.1) is 6.42 Å². The normalized spacial score (nSPS) is 13.4. The summed E-state index contributed by atoms with van der Waals surface area (Å²) in [6.45, 7) is 0. The molecular weight excluding hydrogens is 219 g/mol. The molecule has 1 aliphatic heterocycles. The molecule has 0 unspecified atom stereocenters. The average molecular weight is 228 g/mol. The van der Waals surface area contributed by atoms with Gasteiger partial charge in [0.2, 0.25) is 0 Å². The van der Waals surface area contributed by atoms with Crippen molar-refractivity contribution in [1.82, 2.24) is 0 Å². The molecule has 3 rings (SSSR count). The predicted octanol–water partition coefficient (Wildman–Crippen LogP) is 2.95. The quantitative estimate of drug-likeness (QED) is 0.554. The molecule has 0 saturated carbocycles. The molecule has 0 N–H and O–H groups in total. The van der Waals surface area contributed by atoms with E-state index in [1.54, 1.807) is 36.4 Å². The summed E-state index contributed by atoms with van der Waals surface area (Å²) in [4.78, 5) is 11.1. The molecule has 0 spiro atoms. The van der Waals surface area contributed by atoms with Gasteiger partial charge in [-0.2, -0.15) is 0 Å². The maximum Gasteiger partial charge on any atom is 0.315 e. The van der Waals surface area contributed by atoms with Crippen LogP contribution in [0.4, 0.5) is 4.39 Å². The third kappa shape index (κ3) is 1.69. The van der Waals surface area contributed by atoms with Gasteiger partial charge in [-0.1, -0.05) is 24.3 Å². The second-order valence-corrected chi connectivity index (χ2v) is 3.95. The van der Waals surface area contributed by atoms with Crippen molar-refractivity contribution in [3.8, 4) is 16.9 Å². The summed E-state index contributed by atoms with van der Waals surface area (Å²) >= 11 is 0. The molecule has 0 fully saturated rings. The van der Waals surface area contributed by atoms with Crippen LogP contribution in [0.1, 0.15) is 5.56 Å². The standard InChI is InChI=1S/C14H9FO2/c15-12-4-2-1-3-11(12)9-5-6-13-10(7-9)8-14(16)17-13/h1-7H,8H2. The smallest absolute Gasteiger partial charge is 0.315 e. The molecule has 0 radical (unpaired) electrons. The Morgan fingerprint density at radius 1 is 1.12 bits per heavy atom. The Labute approximate surface area is 97.7 Å². The van der Waals surface area contributed by atoms with Crippen LogP contribution >= 0.6 is 0 Å². The summed E-state index contributed by atoms with van der Waals surface area (Å²) in [5.41, 5.74) is 2.12. The summed E-state index contributed by atoms with van der Waals surface area (Å²) in [5.74, 6) is 0.0541. The monoisotopic (exact) mass is 228 g/mol. The molecule has 0 atom stereocenters. The van der Waals surface area contributed by atoms with Gasteiger partial charge in [0.15, 0.2) is 0 Å². The third-order valence-electron chi connectivity index (χ3n) is 2.80. The lowest BCUT2D eigenvalue weighted by atomic mass is 10.0. The number of ether oxygens (including phenoxy) is 1. The molecule has 0 bridgehead atoms. The Morgan fingerprint density at radius 3 is 2.76 bits per heavy atom. The van der Waals surface area contributed by atoms with E-state index in [0.29, 0.717) is 11.3 Å². The second-order valence-electron chi connectivity index (χ2n) is 3.95. The van der Waals surface area contributed by atoms with E-state index in [4.69, 9.17) is 4.74 Å². The third-order valence-corrected chi connectivity index (χ3v) is 2.80. The van der Waals surface area contributed by atoms with Crippen LogP contribution in [0.15, 0.2) is 42.5 Å². The topological polar surface area (TPSA) is 26.3 Å². The highest BCUT2D eigenvalue weighted by molar-refractivity contribution is 5.82. The van der Waals surface area contributed by atoms with Crippen LogP contribution < -0.4 is 4.74 Å². The molecule has 2 aromatic carbocycles. The fourth-order valence-corrected chi connectivity index (χ4v) is 1.99. The van der Waals surface area contributed by atoms with Crippen molar-refractivity contribution in [3.05, 3.63) is 53.8 Å². The van der Waals surface area contributed by atoms with Crippen molar-refractivity contribution in [2.75, 3.05) is 0 Å². The molecule has 0 aromatic heterocycles. The summed E-state index contributed by atoms with van der Waals surface area (Å²) < 4.78 is 18.6. The van der Waals surface area contributed by atoms with E-state index in [1.165, 1.54) is 6.07 Å². The summed E-state index contributed by atoms with van der Waals surface area (Å²) in [6.07, 6.45) is 0.262. The molecular formula is C14H9FO2. The van der Waals surface area contributed by atoms with Gasteiger partial charge in [-0.15, -0.1) is 0 Å². The van der Waals surface area contributed by atoms with Crippen LogP contribution in [0.2, 0.25) is 0 Å². The van der Waals surface area contributed by atoms with Crippen molar-refractivity contribution in [2.45, 2.75) is 6.42 Å². The molecule has 0 amide bonds. The van der Waals surface area contributed by atoms with Crippen LogP contribution in [-0.2, 0) is 11.2 Å². The molecule has 84 valence electrons.